The minimum Gasteiger partial charge on any atom is -0.493 e. The van der Waals surface area contributed by atoms with Gasteiger partial charge in [-0.15, -0.1) is 0 Å². The molecule has 1 aromatic carbocycles. The van der Waals surface area contributed by atoms with E-state index in [4.69, 9.17) is 4.74 Å². The Balaban J connectivity index is 1.59. The van der Waals surface area contributed by atoms with Crippen LogP contribution in [0.5, 0.6) is 5.75 Å². The number of ether oxygens (including phenoxy) is 1. The van der Waals surface area contributed by atoms with Gasteiger partial charge in [-0.3, -0.25) is 4.21 Å². The number of nitrogens with zero attached hydrogens (tertiary/aromatic N) is 3. The van der Waals surface area contributed by atoms with Crippen LogP contribution in [0, 0.1) is 5.92 Å². The molecule has 0 spiro atoms. The molecule has 2 atom stereocenters. The monoisotopic (exact) mass is 433 g/mol. The van der Waals surface area contributed by atoms with Crippen molar-refractivity contribution in [2.24, 2.45) is 5.92 Å². The van der Waals surface area contributed by atoms with Crippen molar-refractivity contribution < 1.29 is 17.4 Å². The molecule has 154 valence electrons. The molecule has 0 radical (unpaired) electrons. The first kappa shape index (κ1) is 20.0. The highest BCUT2D eigenvalue weighted by Crippen LogP contribution is 2.29. The van der Waals surface area contributed by atoms with Gasteiger partial charge in [0.05, 0.1) is 34.4 Å². The summed E-state index contributed by atoms with van der Waals surface area (Å²) in [6.45, 7) is 2.36. The number of aromatic nitrogens is 3. The molecule has 9 heteroatoms. The van der Waals surface area contributed by atoms with Crippen molar-refractivity contribution in [2.75, 3.05) is 23.9 Å². The summed E-state index contributed by atoms with van der Waals surface area (Å²) in [5.41, 5.74) is 0.910. The minimum atomic E-state index is -2.91. The van der Waals surface area contributed by atoms with E-state index in [-0.39, 0.29) is 17.4 Å². The Morgan fingerprint density at radius 3 is 2.90 bits per heavy atom. The van der Waals surface area contributed by atoms with Crippen LogP contribution in [-0.4, -0.2) is 51.0 Å². The Hall–Kier alpha value is -2.26. The number of sulfone groups is 1. The van der Waals surface area contributed by atoms with Crippen LogP contribution in [0.4, 0.5) is 0 Å². The second-order valence-electron chi connectivity index (χ2n) is 7.20. The molecule has 1 saturated heterocycles. The average Bonchev–Trinajstić information content (AvgIpc) is 3.30. The molecule has 4 rings (SSSR count). The molecular weight excluding hydrogens is 410 g/mol. The standard InChI is InChI=1S/C20H23N3O4S2/c1-2-11-28(24)20-21-9-6-19(22-20)23-10-7-16-17(23)4-3-5-18(16)27-13-15-8-12-29(25,26)14-15/h3-7,9-10,15H,2,8,11-14H2,1H3. The fourth-order valence-electron chi connectivity index (χ4n) is 3.53. The van der Waals surface area contributed by atoms with Crippen molar-refractivity contribution in [3.8, 4) is 11.6 Å². The third-order valence-electron chi connectivity index (χ3n) is 4.95. The molecule has 0 N–H and O–H groups in total. The van der Waals surface area contributed by atoms with E-state index in [1.807, 2.05) is 42.0 Å². The zero-order valence-corrected chi connectivity index (χ0v) is 17.8. The van der Waals surface area contributed by atoms with Crippen molar-refractivity contribution in [1.82, 2.24) is 14.5 Å². The maximum Gasteiger partial charge on any atom is 0.220 e. The summed E-state index contributed by atoms with van der Waals surface area (Å²) in [5.74, 6) is 2.38. The zero-order valence-electron chi connectivity index (χ0n) is 16.2. The predicted octanol–water partition coefficient (Wildman–Crippen LogP) is 2.75. The molecule has 7 nitrogen and oxygen atoms in total. The lowest BCUT2D eigenvalue weighted by Crippen LogP contribution is -2.13. The topological polar surface area (TPSA) is 91.2 Å². The summed E-state index contributed by atoms with van der Waals surface area (Å²) in [7, 11) is -4.13. The fraction of sp³-hybridized carbons (Fsp3) is 0.400. The van der Waals surface area contributed by atoms with E-state index in [0.29, 0.717) is 29.8 Å². The Labute approximate surface area is 172 Å². The number of fused-ring (bicyclic) bond motifs is 1. The Morgan fingerprint density at radius 1 is 1.28 bits per heavy atom. The lowest BCUT2D eigenvalue weighted by atomic mass is 10.1. The number of hydrogen-bond donors (Lipinski definition) is 0. The first-order valence-corrected chi connectivity index (χ1v) is 12.8. The largest absolute Gasteiger partial charge is 0.493 e. The van der Waals surface area contributed by atoms with Crippen molar-refractivity contribution >= 4 is 31.5 Å². The molecule has 2 unspecified atom stereocenters. The Morgan fingerprint density at radius 2 is 2.14 bits per heavy atom. The molecule has 29 heavy (non-hydrogen) atoms. The van der Waals surface area contributed by atoms with Gasteiger partial charge in [-0.1, -0.05) is 13.0 Å². The van der Waals surface area contributed by atoms with Crippen LogP contribution in [0.3, 0.4) is 0 Å². The van der Waals surface area contributed by atoms with Gasteiger partial charge >= 0.3 is 0 Å². The predicted molar refractivity (Wildman–Crippen MR) is 113 cm³/mol. The van der Waals surface area contributed by atoms with Crippen LogP contribution in [-0.2, 0) is 20.6 Å². The minimum absolute atomic E-state index is 0.0373. The molecule has 1 aliphatic rings. The van der Waals surface area contributed by atoms with E-state index in [9.17, 15) is 12.6 Å². The van der Waals surface area contributed by atoms with Gasteiger partial charge < -0.3 is 9.30 Å². The first-order valence-electron chi connectivity index (χ1n) is 9.62. The maximum atomic E-state index is 12.3. The van der Waals surface area contributed by atoms with E-state index in [1.54, 1.807) is 12.3 Å². The first-order chi connectivity index (χ1) is 14.0. The normalized spacial score (nSPS) is 19.4. The third kappa shape index (κ3) is 4.35. The quantitative estimate of drug-likeness (QED) is 0.532. The molecule has 1 aliphatic heterocycles. The zero-order chi connectivity index (χ0) is 20.4. The average molecular weight is 434 g/mol. The molecule has 0 amide bonds. The van der Waals surface area contributed by atoms with Gasteiger partial charge in [0.25, 0.3) is 0 Å². The van der Waals surface area contributed by atoms with E-state index in [0.717, 1.165) is 23.1 Å². The summed E-state index contributed by atoms with van der Waals surface area (Å²) < 4.78 is 43.4. The molecule has 3 heterocycles. The summed E-state index contributed by atoms with van der Waals surface area (Å²) in [6, 6.07) is 9.48. The summed E-state index contributed by atoms with van der Waals surface area (Å²) in [5, 5.41) is 1.25. The smallest absolute Gasteiger partial charge is 0.220 e. The highest BCUT2D eigenvalue weighted by atomic mass is 32.2. The third-order valence-corrected chi connectivity index (χ3v) is 8.17. The van der Waals surface area contributed by atoms with E-state index < -0.39 is 20.6 Å². The van der Waals surface area contributed by atoms with E-state index in [2.05, 4.69) is 9.97 Å². The second kappa shape index (κ2) is 8.23. The molecule has 2 aromatic heterocycles. The molecule has 0 saturated carbocycles. The van der Waals surface area contributed by atoms with Crippen LogP contribution in [0.15, 0.2) is 47.9 Å². The van der Waals surface area contributed by atoms with Gasteiger partial charge in [0.2, 0.25) is 5.16 Å². The number of benzene rings is 1. The fourth-order valence-corrected chi connectivity index (χ4v) is 6.30. The van der Waals surface area contributed by atoms with Crippen molar-refractivity contribution in [1.29, 1.82) is 0 Å². The van der Waals surface area contributed by atoms with Crippen LogP contribution in [0.1, 0.15) is 19.8 Å². The van der Waals surface area contributed by atoms with Crippen LogP contribution >= 0.6 is 0 Å². The molecule has 1 fully saturated rings. The van der Waals surface area contributed by atoms with Gasteiger partial charge in [0, 0.05) is 29.5 Å². The molecule has 3 aromatic rings. The summed E-state index contributed by atoms with van der Waals surface area (Å²) >= 11 is 0. The molecule has 0 bridgehead atoms. The summed E-state index contributed by atoms with van der Waals surface area (Å²) in [4.78, 5) is 8.64. The number of hydrogen-bond acceptors (Lipinski definition) is 6. The van der Waals surface area contributed by atoms with Crippen molar-refractivity contribution in [3.63, 3.8) is 0 Å². The number of rotatable bonds is 7. The van der Waals surface area contributed by atoms with Crippen LogP contribution in [0.2, 0.25) is 0 Å². The van der Waals surface area contributed by atoms with Gasteiger partial charge in [-0.2, -0.15) is 0 Å². The highest BCUT2D eigenvalue weighted by Gasteiger charge is 2.28. The van der Waals surface area contributed by atoms with Gasteiger partial charge in [0.1, 0.15) is 11.6 Å². The lowest BCUT2D eigenvalue weighted by molar-refractivity contribution is 0.266. The van der Waals surface area contributed by atoms with E-state index >= 15 is 0 Å². The van der Waals surface area contributed by atoms with Crippen LogP contribution in [0.25, 0.3) is 16.7 Å². The van der Waals surface area contributed by atoms with E-state index in [1.165, 1.54) is 0 Å². The lowest BCUT2D eigenvalue weighted by Gasteiger charge is -2.12. The Kier molecular flexibility index (Phi) is 5.69. The highest BCUT2D eigenvalue weighted by molar-refractivity contribution is 7.91. The van der Waals surface area contributed by atoms with Gasteiger partial charge in [0.15, 0.2) is 9.84 Å². The van der Waals surface area contributed by atoms with Gasteiger partial charge in [-0.25, -0.2) is 18.4 Å². The second-order valence-corrected chi connectivity index (χ2v) is 10.9. The molecule has 0 aliphatic carbocycles. The maximum absolute atomic E-state index is 12.3. The van der Waals surface area contributed by atoms with Crippen molar-refractivity contribution in [3.05, 3.63) is 42.7 Å². The van der Waals surface area contributed by atoms with Gasteiger partial charge in [-0.05, 0) is 37.1 Å². The SMILES string of the molecule is CCCS(=O)c1nccc(-n2ccc3c(OCC4CCS(=O)(=O)C4)cccc32)n1. The summed E-state index contributed by atoms with van der Waals surface area (Å²) in [6.07, 6.45) is 4.97. The molecular formula is C20H23N3O4S2. The van der Waals surface area contributed by atoms with Crippen LogP contribution < -0.4 is 4.74 Å². The Bertz CT molecular complexity index is 1160. The van der Waals surface area contributed by atoms with Crippen molar-refractivity contribution in [2.45, 2.75) is 24.9 Å².